The van der Waals surface area contributed by atoms with E-state index in [0.717, 1.165) is 66.1 Å². The van der Waals surface area contributed by atoms with Crippen molar-refractivity contribution in [3.63, 3.8) is 0 Å². The van der Waals surface area contributed by atoms with E-state index in [1.54, 1.807) is 18.5 Å². The van der Waals surface area contributed by atoms with Gasteiger partial charge in [-0.2, -0.15) is 5.10 Å². The predicted octanol–water partition coefficient (Wildman–Crippen LogP) is 5.22. The number of morpholine rings is 1. The Balaban J connectivity index is 1.58. The van der Waals surface area contributed by atoms with Gasteiger partial charge < -0.3 is 14.4 Å². The molecule has 2 aliphatic heterocycles. The molecule has 0 radical (unpaired) electrons. The number of anilines is 1. The summed E-state index contributed by atoms with van der Waals surface area (Å²) in [5.41, 5.74) is 3.63. The molecule has 5 heterocycles. The number of nitrogens with zero attached hydrogens (tertiary/aromatic N) is 5. The molecule has 35 heavy (non-hydrogen) atoms. The Morgan fingerprint density at radius 1 is 1.03 bits per heavy atom. The third kappa shape index (κ3) is 4.06. The number of aromatic nitrogens is 4. The molecule has 2 aliphatic rings. The molecule has 2 fully saturated rings. The third-order valence-electron chi connectivity index (χ3n) is 6.88. The maximum atomic E-state index is 15.0. The lowest BCUT2D eigenvalue weighted by molar-refractivity contribution is -0.0383. The summed E-state index contributed by atoms with van der Waals surface area (Å²) < 4.78 is 28.6. The maximum absolute atomic E-state index is 15.0. The highest BCUT2D eigenvalue weighted by Gasteiger charge is 2.25. The minimum atomic E-state index is -0.264. The van der Waals surface area contributed by atoms with Crippen molar-refractivity contribution in [3.8, 4) is 22.5 Å². The van der Waals surface area contributed by atoms with Gasteiger partial charge in [0.25, 0.3) is 0 Å². The Kier molecular flexibility index (Phi) is 5.91. The van der Waals surface area contributed by atoms with Crippen LogP contribution in [-0.2, 0) is 9.47 Å². The van der Waals surface area contributed by atoms with Gasteiger partial charge in [-0.25, -0.2) is 14.1 Å². The average Bonchev–Trinajstić information content (AvgIpc) is 3.39. The highest BCUT2D eigenvalue weighted by atomic mass is 19.1. The quantitative estimate of drug-likeness (QED) is 0.405. The summed E-state index contributed by atoms with van der Waals surface area (Å²) in [7, 11) is 0. The monoisotopic (exact) mass is 473 g/mol. The van der Waals surface area contributed by atoms with E-state index in [0.29, 0.717) is 18.8 Å². The predicted molar refractivity (Wildman–Crippen MR) is 133 cm³/mol. The van der Waals surface area contributed by atoms with Gasteiger partial charge in [0.1, 0.15) is 22.8 Å². The van der Waals surface area contributed by atoms with Crippen molar-refractivity contribution in [2.45, 2.75) is 38.5 Å². The summed E-state index contributed by atoms with van der Waals surface area (Å²) in [6.45, 7) is 4.82. The molecule has 1 aromatic carbocycles. The van der Waals surface area contributed by atoms with Gasteiger partial charge in [0, 0.05) is 36.5 Å². The van der Waals surface area contributed by atoms with Crippen LogP contribution in [0.5, 0.6) is 0 Å². The van der Waals surface area contributed by atoms with Crippen molar-refractivity contribution >= 4 is 16.7 Å². The van der Waals surface area contributed by atoms with E-state index in [2.05, 4.69) is 16.9 Å². The first-order valence-corrected chi connectivity index (χ1v) is 12.3. The van der Waals surface area contributed by atoms with E-state index in [1.807, 2.05) is 35.0 Å². The molecule has 7 nitrogen and oxygen atoms in total. The van der Waals surface area contributed by atoms with E-state index in [9.17, 15) is 0 Å². The highest BCUT2D eigenvalue weighted by molar-refractivity contribution is 6.01. The highest BCUT2D eigenvalue weighted by Crippen LogP contribution is 2.38. The summed E-state index contributed by atoms with van der Waals surface area (Å²) >= 11 is 0. The fraction of sp³-hybridized carbons (Fsp3) is 0.370. The van der Waals surface area contributed by atoms with Crippen molar-refractivity contribution in [3.05, 3.63) is 60.7 Å². The zero-order valence-electron chi connectivity index (χ0n) is 19.7. The summed E-state index contributed by atoms with van der Waals surface area (Å²) in [4.78, 5) is 12.1. The van der Waals surface area contributed by atoms with E-state index in [-0.39, 0.29) is 18.1 Å². The van der Waals surface area contributed by atoms with Gasteiger partial charge in [-0.3, -0.25) is 4.98 Å². The number of fused-ring (bicyclic) bond motifs is 1. The van der Waals surface area contributed by atoms with Gasteiger partial charge in [-0.1, -0.05) is 18.2 Å². The van der Waals surface area contributed by atoms with Crippen molar-refractivity contribution in [2.75, 3.05) is 31.3 Å². The Morgan fingerprint density at radius 3 is 2.77 bits per heavy atom. The van der Waals surface area contributed by atoms with Crippen molar-refractivity contribution < 1.29 is 13.9 Å². The van der Waals surface area contributed by atoms with Crippen LogP contribution in [0.2, 0.25) is 0 Å². The molecular formula is C27H28FN5O2. The first-order valence-electron chi connectivity index (χ1n) is 12.3. The number of hydrogen-bond acceptors (Lipinski definition) is 6. The third-order valence-corrected chi connectivity index (χ3v) is 6.88. The van der Waals surface area contributed by atoms with E-state index in [4.69, 9.17) is 19.4 Å². The molecule has 0 saturated carbocycles. The lowest BCUT2D eigenvalue weighted by Crippen LogP contribution is -2.44. The molecule has 0 amide bonds. The lowest BCUT2D eigenvalue weighted by Gasteiger charge is -2.34. The van der Waals surface area contributed by atoms with E-state index < -0.39 is 0 Å². The maximum Gasteiger partial charge on any atom is 0.150 e. The Morgan fingerprint density at radius 2 is 1.94 bits per heavy atom. The first-order chi connectivity index (χ1) is 17.2. The molecule has 1 unspecified atom stereocenters. The number of rotatable bonds is 4. The number of pyridine rings is 2. The lowest BCUT2D eigenvalue weighted by atomic mass is 9.99. The van der Waals surface area contributed by atoms with E-state index in [1.165, 1.54) is 6.07 Å². The van der Waals surface area contributed by atoms with Crippen LogP contribution >= 0.6 is 0 Å². The Bertz CT molecular complexity index is 1350. The Hall–Kier alpha value is -3.36. The van der Waals surface area contributed by atoms with Crippen molar-refractivity contribution in [1.82, 2.24) is 19.7 Å². The molecule has 4 aromatic rings. The van der Waals surface area contributed by atoms with Crippen LogP contribution in [0.15, 0.2) is 54.9 Å². The van der Waals surface area contributed by atoms with Crippen molar-refractivity contribution in [1.29, 1.82) is 0 Å². The molecule has 0 N–H and O–H groups in total. The summed E-state index contributed by atoms with van der Waals surface area (Å²) in [5, 5.41) is 5.43. The summed E-state index contributed by atoms with van der Waals surface area (Å²) in [6.07, 6.45) is 6.48. The van der Waals surface area contributed by atoms with Crippen LogP contribution in [0, 0.1) is 5.82 Å². The van der Waals surface area contributed by atoms with Gasteiger partial charge in [-0.05, 0) is 56.0 Å². The van der Waals surface area contributed by atoms with Gasteiger partial charge in [0.2, 0.25) is 0 Å². The standard InChI is InChI=1S/C27H28FN5O2/c1-18-17-34-15-13-32(18)24-16-21(19-6-2-3-7-22(19)28)20-9-11-29-27(26(20)31-24)23-10-12-30-33(23)25-8-4-5-14-35-25/h2-3,6-7,9-12,16,18,25H,4-5,8,13-15,17H2,1H3/t18-,25?/m1/s1. The number of benzene rings is 1. The van der Waals surface area contributed by atoms with Gasteiger partial charge in [0.05, 0.1) is 24.9 Å². The second-order valence-corrected chi connectivity index (χ2v) is 9.16. The van der Waals surface area contributed by atoms with E-state index >= 15 is 4.39 Å². The van der Waals surface area contributed by atoms with Crippen LogP contribution in [0.1, 0.15) is 32.4 Å². The largest absolute Gasteiger partial charge is 0.377 e. The normalized spacial score (nSPS) is 20.9. The van der Waals surface area contributed by atoms with Crippen LogP contribution in [0.4, 0.5) is 10.2 Å². The molecule has 180 valence electrons. The van der Waals surface area contributed by atoms with Gasteiger partial charge in [-0.15, -0.1) is 0 Å². The fourth-order valence-corrected chi connectivity index (χ4v) is 5.09. The SMILES string of the molecule is C[C@@H]1COCCN1c1cc(-c2ccccc2F)c2ccnc(-c3ccnn3C3CCCCO3)c2n1. The minimum Gasteiger partial charge on any atom is -0.377 e. The molecule has 2 atom stereocenters. The average molecular weight is 474 g/mol. The summed E-state index contributed by atoms with van der Waals surface area (Å²) in [5.74, 6) is 0.528. The van der Waals surface area contributed by atoms with Crippen molar-refractivity contribution in [2.24, 2.45) is 0 Å². The number of halogens is 1. The molecule has 6 rings (SSSR count). The summed E-state index contributed by atoms with van der Waals surface area (Å²) in [6, 6.07) is 12.9. The molecule has 0 spiro atoms. The fourth-order valence-electron chi connectivity index (χ4n) is 5.09. The number of ether oxygens (including phenoxy) is 2. The number of hydrogen-bond donors (Lipinski definition) is 0. The van der Waals surface area contributed by atoms with Crippen LogP contribution in [0.3, 0.4) is 0 Å². The molecule has 3 aromatic heterocycles. The molecule has 0 bridgehead atoms. The second-order valence-electron chi connectivity index (χ2n) is 9.16. The smallest absolute Gasteiger partial charge is 0.150 e. The zero-order valence-corrected chi connectivity index (χ0v) is 19.7. The first kappa shape index (κ1) is 22.1. The van der Waals surface area contributed by atoms with Crippen LogP contribution in [-0.4, -0.2) is 52.2 Å². The zero-order chi connectivity index (χ0) is 23.8. The van der Waals surface area contributed by atoms with Crippen LogP contribution < -0.4 is 4.90 Å². The van der Waals surface area contributed by atoms with Gasteiger partial charge >= 0.3 is 0 Å². The Labute approximate surface area is 203 Å². The molecular weight excluding hydrogens is 445 g/mol. The molecule has 2 saturated heterocycles. The molecule has 0 aliphatic carbocycles. The minimum absolute atomic E-state index is 0.126. The van der Waals surface area contributed by atoms with Gasteiger partial charge in [0.15, 0.2) is 6.23 Å². The molecule has 8 heteroatoms. The topological polar surface area (TPSA) is 65.3 Å². The second kappa shape index (κ2) is 9.36. The van der Waals surface area contributed by atoms with Crippen LogP contribution in [0.25, 0.3) is 33.4 Å².